The van der Waals surface area contributed by atoms with E-state index in [0.717, 1.165) is 37.3 Å². The van der Waals surface area contributed by atoms with Crippen LogP contribution in [0.3, 0.4) is 0 Å². The summed E-state index contributed by atoms with van der Waals surface area (Å²) in [6, 6.07) is 9.21. The van der Waals surface area contributed by atoms with Crippen molar-refractivity contribution in [1.29, 1.82) is 0 Å². The molecular formula is C22H27ClN2O4. The minimum absolute atomic E-state index is 0.134. The molecule has 156 valence electrons. The van der Waals surface area contributed by atoms with Gasteiger partial charge in [-0.2, -0.15) is 0 Å². The number of amides is 1. The van der Waals surface area contributed by atoms with Crippen molar-refractivity contribution in [2.75, 3.05) is 44.6 Å². The summed E-state index contributed by atoms with van der Waals surface area (Å²) >= 11 is 6.20. The van der Waals surface area contributed by atoms with Crippen molar-refractivity contribution in [1.82, 2.24) is 0 Å². The summed E-state index contributed by atoms with van der Waals surface area (Å²) in [5.74, 6) is 1.35. The molecule has 2 aromatic carbocycles. The highest BCUT2D eigenvalue weighted by atomic mass is 35.5. The zero-order chi connectivity index (χ0) is 20.8. The predicted molar refractivity (Wildman–Crippen MR) is 116 cm³/mol. The first-order chi connectivity index (χ1) is 14.1. The number of anilines is 2. The van der Waals surface area contributed by atoms with E-state index in [1.165, 1.54) is 6.42 Å². The Bertz CT molecular complexity index is 866. The number of piperidine rings is 1. The molecule has 29 heavy (non-hydrogen) atoms. The third kappa shape index (κ3) is 4.88. The maximum atomic E-state index is 12.9. The zero-order valence-electron chi connectivity index (χ0n) is 17.1. The highest BCUT2D eigenvalue weighted by molar-refractivity contribution is 6.31. The Morgan fingerprint density at radius 1 is 1.00 bits per heavy atom. The van der Waals surface area contributed by atoms with Crippen LogP contribution in [0.1, 0.15) is 24.8 Å². The lowest BCUT2D eigenvalue weighted by atomic mass is 10.1. The minimum Gasteiger partial charge on any atom is -0.493 e. The first-order valence-electron chi connectivity index (χ1n) is 9.69. The van der Waals surface area contributed by atoms with Gasteiger partial charge in [0.15, 0.2) is 11.5 Å². The zero-order valence-corrected chi connectivity index (χ0v) is 17.8. The Morgan fingerprint density at radius 2 is 1.72 bits per heavy atom. The van der Waals surface area contributed by atoms with Crippen LogP contribution in [0.2, 0.25) is 5.02 Å². The summed E-state index contributed by atoms with van der Waals surface area (Å²) in [7, 11) is 4.65. The van der Waals surface area contributed by atoms with Crippen LogP contribution < -0.4 is 24.4 Å². The van der Waals surface area contributed by atoms with Gasteiger partial charge in [-0.3, -0.25) is 4.79 Å². The summed E-state index contributed by atoms with van der Waals surface area (Å²) in [5.41, 5.74) is 2.44. The topological polar surface area (TPSA) is 60.0 Å². The molecule has 1 aliphatic heterocycles. The van der Waals surface area contributed by atoms with Crippen LogP contribution in [0.25, 0.3) is 0 Å². The van der Waals surface area contributed by atoms with Crippen molar-refractivity contribution in [2.45, 2.75) is 25.7 Å². The number of nitrogens with one attached hydrogen (secondary N) is 1. The number of benzene rings is 2. The third-order valence-electron chi connectivity index (χ3n) is 5.07. The van der Waals surface area contributed by atoms with E-state index in [9.17, 15) is 4.79 Å². The van der Waals surface area contributed by atoms with Gasteiger partial charge in [0.1, 0.15) is 0 Å². The van der Waals surface area contributed by atoms with Gasteiger partial charge in [0.2, 0.25) is 11.7 Å². The quantitative estimate of drug-likeness (QED) is 0.715. The van der Waals surface area contributed by atoms with Crippen molar-refractivity contribution in [2.24, 2.45) is 0 Å². The number of hydrogen-bond donors (Lipinski definition) is 1. The van der Waals surface area contributed by atoms with Gasteiger partial charge in [-0.05, 0) is 43.5 Å². The van der Waals surface area contributed by atoms with Crippen molar-refractivity contribution in [3.63, 3.8) is 0 Å². The monoisotopic (exact) mass is 418 g/mol. The molecule has 1 amide bonds. The van der Waals surface area contributed by atoms with Gasteiger partial charge >= 0.3 is 0 Å². The molecule has 0 aromatic heterocycles. The number of nitrogens with zero attached hydrogens (tertiary/aromatic N) is 1. The van der Waals surface area contributed by atoms with E-state index in [2.05, 4.69) is 10.2 Å². The fourth-order valence-corrected chi connectivity index (χ4v) is 3.86. The van der Waals surface area contributed by atoms with Gasteiger partial charge in [0, 0.05) is 23.7 Å². The molecule has 0 saturated carbocycles. The van der Waals surface area contributed by atoms with Crippen molar-refractivity contribution in [3.05, 3.63) is 40.9 Å². The Hall–Kier alpha value is -2.60. The normalized spacial score (nSPS) is 13.7. The second-order valence-corrected chi connectivity index (χ2v) is 7.36. The average Bonchev–Trinajstić information content (AvgIpc) is 2.74. The highest BCUT2D eigenvalue weighted by Crippen LogP contribution is 2.40. The predicted octanol–water partition coefficient (Wildman–Crippen LogP) is 4.54. The van der Waals surface area contributed by atoms with Gasteiger partial charge in [-0.15, -0.1) is 0 Å². The van der Waals surface area contributed by atoms with Crippen LogP contribution >= 0.6 is 11.6 Å². The molecule has 2 aromatic rings. The molecule has 3 rings (SSSR count). The van der Waals surface area contributed by atoms with Crippen molar-refractivity contribution < 1.29 is 19.0 Å². The number of hydrogen-bond acceptors (Lipinski definition) is 5. The molecule has 0 bridgehead atoms. The highest BCUT2D eigenvalue weighted by Gasteiger charge is 2.20. The minimum atomic E-state index is -0.156. The van der Waals surface area contributed by atoms with Gasteiger partial charge in [-0.25, -0.2) is 0 Å². The number of halogens is 1. The molecule has 0 spiro atoms. The van der Waals surface area contributed by atoms with E-state index < -0.39 is 0 Å². The summed E-state index contributed by atoms with van der Waals surface area (Å²) in [4.78, 5) is 15.1. The Labute approximate surface area is 176 Å². The van der Waals surface area contributed by atoms with E-state index in [4.69, 9.17) is 25.8 Å². The first kappa shape index (κ1) is 21.1. The second kappa shape index (κ2) is 9.74. The molecule has 1 fully saturated rings. The van der Waals surface area contributed by atoms with Crippen LogP contribution in [0.5, 0.6) is 17.2 Å². The van der Waals surface area contributed by atoms with E-state index in [1.54, 1.807) is 33.5 Å². The van der Waals surface area contributed by atoms with Crippen molar-refractivity contribution in [3.8, 4) is 17.2 Å². The number of rotatable bonds is 7. The number of methoxy groups -OCH3 is 3. The lowest BCUT2D eigenvalue weighted by molar-refractivity contribution is -0.115. The summed E-state index contributed by atoms with van der Waals surface area (Å²) in [6.45, 7) is 1.96. The van der Waals surface area contributed by atoms with Crippen LogP contribution in [0.4, 0.5) is 11.4 Å². The standard InChI is InChI=1S/C22H27ClN2O4/c1-27-19-10-7-15(21(28-2)22(19)29-3)13-20(26)24-17-14-16(23)8-9-18(17)25-11-5-4-6-12-25/h7-10,14H,4-6,11-13H2,1-3H3,(H,24,26). The Balaban J connectivity index is 1.82. The number of ether oxygens (including phenoxy) is 3. The summed E-state index contributed by atoms with van der Waals surface area (Å²) in [6.07, 6.45) is 3.68. The summed E-state index contributed by atoms with van der Waals surface area (Å²) < 4.78 is 16.2. The van der Waals surface area contributed by atoms with Gasteiger partial charge in [-0.1, -0.05) is 17.7 Å². The SMILES string of the molecule is COc1ccc(CC(=O)Nc2cc(Cl)ccc2N2CCCCC2)c(OC)c1OC. The second-order valence-electron chi connectivity index (χ2n) is 6.93. The molecule has 7 heteroatoms. The van der Waals surface area contributed by atoms with Crippen LogP contribution in [0.15, 0.2) is 30.3 Å². The fraction of sp³-hybridized carbons (Fsp3) is 0.409. The largest absolute Gasteiger partial charge is 0.493 e. The van der Waals surface area contributed by atoms with E-state index in [1.807, 2.05) is 18.2 Å². The molecule has 0 atom stereocenters. The molecule has 1 saturated heterocycles. The smallest absolute Gasteiger partial charge is 0.228 e. The van der Waals surface area contributed by atoms with Crippen LogP contribution in [0, 0.1) is 0 Å². The number of carbonyl (C=O) groups excluding carboxylic acids is 1. The van der Waals surface area contributed by atoms with Crippen LogP contribution in [-0.4, -0.2) is 40.3 Å². The fourth-order valence-electron chi connectivity index (χ4n) is 3.69. The first-order valence-corrected chi connectivity index (χ1v) is 10.1. The average molecular weight is 419 g/mol. The molecule has 0 unspecified atom stereocenters. The van der Waals surface area contributed by atoms with E-state index in [-0.39, 0.29) is 12.3 Å². The van der Waals surface area contributed by atoms with Gasteiger partial charge in [0.25, 0.3) is 0 Å². The molecular weight excluding hydrogens is 392 g/mol. The molecule has 1 aliphatic rings. The van der Waals surface area contributed by atoms with E-state index >= 15 is 0 Å². The molecule has 1 N–H and O–H groups in total. The molecule has 1 heterocycles. The van der Waals surface area contributed by atoms with Gasteiger partial charge < -0.3 is 24.4 Å². The molecule has 0 aliphatic carbocycles. The third-order valence-corrected chi connectivity index (χ3v) is 5.30. The van der Waals surface area contributed by atoms with Crippen LogP contribution in [-0.2, 0) is 11.2 Å². The maximum Gasteiger partial charge on any atom is 0.228 e. The molecule has 0 radical (unpaired) electrons. The maximum absolute atomic E-state index is 12.9. The summed E-state index contributed by atoms with van der Waals surface area (Å²) in [5, 5.41) is 3.61. The molecule has 6 nitrogen and oxygen atoms in total. The van der Waals surface area contributed by atoms with Gasteiger partial charge in [0.05, 0.1) is 39.1 Å². The van der Waals surface area contributed by atoms with E-state index in [0.29, 0.717) is 27.8 Å². The lowest BCUT2D eigenvalue weighted by Crippen LogP contribution is -2.30. The Kier molecular flexibility index (Phi) is 7.09. The Morgan fingerprint density at radius 3 is 2.38 bits per heavy atom. The van der Waals surface area contributed by atoms with Crippen molar-refractivity contribution >= 4 is 28.9 Å². The lowest BCUT2D eigenvalue weighted by Gasteiger charge is -2.30. The number of carbonyl (C=O) groups is 1.